The molecule has 2 aromatic carbocycles. The summed E-state index contributed by atoms with van der Waals surface area (Å²) in [6.07, 6.45) is 4.88. The molecule has 0 bridgehead atoms. The first kappa shape index (κ1) is 19.2. The molecule has 0 spiro atoms. The fraction of sp³-hybridized carbons (Fsp3) is 0. The highest BCUT2D eigenvalue weighted by Gasteiger charge is 2.23. The number of allylic oxidation sites excluding steroid dienone is 1. The van der Waals surface area contributed by atoms with Gasteiger partial charge in [0.15, 0.2) is 5.82 Å². The van der Waals surface area contributed by atoms with E-state index in [1.54, 1.807) is 21.6 Å². The third kappa shape index (κ3) is 3.37. The zero-order chi connectivity index (χ0) is 21.1. The van der Waals surface area contributed by atoms with Crippen LogP contribution in [0, 0.1) is 28.5 Å². The van der Waals surface area contributed by atoms with Crippen molar-refractivity contribution in [2.24, 2.45) is 0 Å². The van der Waals surface area contributed by atoms with Gasteiger partial charge < -0.3 is 4.57 Å². The summed E-state index contributed by atoms with van der Waals surface area (Å²) in [6.45, 7) is 0. The Bertz CT molecular complexity index is 1300. The monoisotopic (exact) mass is 413 g/mol. The molecule has 4 rings (SSSR count). The Labute approximate surface area is 177 Å². The summed E-state index contributed by atoms with van der Waals surface area (Å²) in [5.74, 6) is -0.0913. The summed E-state index contributed by atoms with van der Waals surface area (Å²) >= 11 is 6.12. The van der Waals surface area contributed by atoms with Crippen LogP contribution in [0.25, 0.3) is 23.2 Å². The third-order valence-electron chi connectivity index (χ3n) is 4.49. The first-order chi connectivity index (χ1) is 14.6. The van der Waals surface area contributed by atoms with Crippen LogP contribution in [0.5, 0.6) is 0 Å². The lowest BCUT2D eigenvalue weighted by molar-refractivity contribution is 0.625. The zero-order valence-electron chi connectivity index (χ0n) is 15.5. The van der Waals surface area contributed by atoms with E-state index in [4.69, 9.17) is 11.6 Å². The van der Waals surface area contributed by atoms with Gasteiger partial charge in [0.05, 0.1) is 16.3 Å². The Kier molecular flexibility index (Phi) is 5.17. The molecule has 0 aliphatic rings. The number of aromatic nitrogens is 3. The molecule has 0 amide bonds. The van der Waals surface area contributed by atoms with E-state index in [0.717, 1.165) is 0 Å². The van der Waals surface area contributed by atoms with Gasteiger partial charge in [0.25, 0.3) is 0 Å². The van der Waals surface area contributed by atoms with Crippen LogP contribution < -0.4 is 0 Å². The largest absolute Gasteiger partial charge is 0.307 e. The number of benzene rings is 2. The van der Waals surface area contributed by atoms with Crippen molar-refractivity contribution in [3.05, 3.63) is 101 Å². The van der Waals surface area contributed by atoms with Crippen molar-refractivity contribution in [3.63, 3.8) is 0 Å². The van der Waals surface area contributed by atoms with E-state index < -0.39 is 5.82 Å². The predicted molar refractivity (Wildman–Crippen MR) is 112 cm³/mol. The summed E-state index contributed by atoms with van der Waals surface area (Å²) in [6, 6.07) is 21.4. The van der Waals surface area contributed by atoms with Gasteiger partial charge in [-0.25, -0.2) is 9.07 Å². The molecule has 0 saturated heterocycles. The lowest BCUT2D eigenvalue weighted by Crippen LogP contribution is -2.04. The standard InChI is InChI=1S/C23H13ClFN5/c24-20-9-6-10-21(25)18(20)13-16(14-26)22-19(15-27)23(29-11-4-5-12-29)30(28-22)17-7-2-1-3-8-17/h1-13H. The van der Waals surface area contributed by atoms with Crippen LogP contribution in [0.4, 0.5) is 4.39 Å². The molecular formula is C23H13ClFN5. The zero-order valence-corrected chi connectivity index (χ0v) is 16.3. The number of rotatable bonds is 4. The van der Waals surface area contributed by atoms with Crippen LogP contribution in [-0.4, -0.2) is 14.3 Å². The van der Waals surface area contributed by atoms with Gasteiger partial charge in [0, 0.05) is 18.0 Å². The Morgan fingerprint density at radius 1 is 1.00 bits per heavy atom. The molecule has 144 valence electrons. The van der Waals surface area contributed by atoms with E-state index >= 15 is 0 Å². The molecule has 0 unspecified atom stereocenters. The lowest BCUT2D eigenvalue weighted by atomic mass is 10.1. The summed E-state index contributed by atoms with van der Waals surface area (Å²) in [7, 11) is 0. The maximum atomic E-state index is 14.3. The molecule has 5 nitrogen and oxygen atoms in total. The molecule has 30 heavy (non-hydrogen) atoms. The van der Waals surface area contributed by atoms with Crippen LogP contribution >= 0.6 is 11.6 Å². The predicted octanol–water partition coefficient (Wildman–Crippen LogP) is 5.39. The second-order valence-corrected chi connectivity index (χ2v) is 6.71. The Hall–Kier alpha value is -4.13. The fourth-order valence-electron chi connectivity index (χ4n) is 3.11. The van der Waals surface area contributed by atoms with Gasteiger partial charge in [-0.05, 0) is 42.5 Å². The fourth-order valence-corrected chi connectivity index (χ4v) is 3.33. The van der Waals surface area contributed by atoms with Gasteiger partial charge >= 0.3 is 0 Å². The summed E-state index contributed by atoms with van der Waals surface area (Å²) in [5, 5.41) is 24.4. The van der Waals surface area contributed by atoms with Gasteiger partial charge in [-0.3, -0.25) is 0 Å². The number of nitrogens with zero attached hydrogens (tertiary/aromatic N) is 5. The van der Waals surface area contributed by atoms with Crippen molar-refractivity contribution in [2.75, 3.05) is 0 Å². The van der Waals surface area contributed by atoms with E-state index in [9.17, 15) is 14.9 Å². The molecule has 0 fully saturated rings. The second-order valence-electron chi connectivity index (χ2n) is 6.30. The number of para-hydroxylation sites is 1. The SMILES string of the molecule is N#CC(=Cc1c(F)cccc1Cl)c1nn(-c2ccccc2)c(-n2cccc2)c1C#N. The van der Waals surface area contributed by atoms with E-state index in [0.29, 0.717) is 11.5 Å². The maximum Gasteiger partial charge on any atom is 0.159 e. The highest BCUT2D eigenvalue weighted by atomic mass is 35.5. The second kappa shape index (κ2) is 8.08. The Morgan fingerprint density at radius 2 is 1.73 bits per heavy atom. The van der Waals surface area contributed by atoms with Crippen molar-refractivity contribution in [3.8, 4) is 23.6 Å². The molecule has 0 atom stereocenters. The van der Waals surface area contributed by atoms with Crippen molar-refractivity contribution in [1.29, 1.82) is 10.5 Å². The first-order valence-electron chi connectivity index (χ1n) is 8.92. The number of hydrogen-bond acceptors (Lipinski definition) is 3. The number of nitriles is 2. The van der Waals surface area contributed by atoms with Crippen LogP contribution in [0.1, 0.15) is 16.8 Å². The average Bonchev–Trinajstić information content (AvgIpc) is 3.42. The van der Waals surface area contributed by atoms with Gasteiger partial charge in [0.1, 0.15) is 29.2 Å². The van der Waals surface area contributed by atoms with Gasteiger partial charge in [0.2, 0.25) is 0 Å². The molecule has 2 aromatic heterocycles. The van der Waals surface area contributed by atoms with Crippen LogP contribution in [0.15, 0.2) is 73.1 Å². The minimum absolute atomic E-state index is 0.0293. The van der Waals surface area contributed by atoms with E-state index in [2.05, 4.69) is 11.2 Å². The lowest BCUT2D eigenvalue weighted by Gasteiger charge is -2.08. The molecule has 7 heteroatoms. The van der Waals surface area contributed by atoms with Gasteiger partial charge in [-0.1, -0.05) is 35.9 Å². The van der Waals surface area contributed by atoms with Crippen molar-refractivity contribution in [2.45, 2.75) is 0 Å². The van der Waals surface area contributed by atoms with Gasteiger partial charge in [-0.2, -0.15) is 15.6 Å². The Morgan fingerprint density at radius 3 is 2.37 bits per heavy atom. The highest BCUT2D eigenvalue weighted by Crippen LogP contribution is 2.30. The summed E-state index contributed by atoms with van der Waals surface area (Å²) in [5.41, 5.74) is 1.14. The topological polar surface area (TPSA) is 70.3 Å². The smallest absolute Gasteiger partial charge is 0.159 e. The van der Waals surface area contributed by atoms with Crippen LogP contribution in [0.3, 0.4) is 0 Å². The molecule has 0 aliphatic heterocycles. The van der Waals surface area contributed by atoms with Crippen molar-refractivity contribution < 1.29 is 4.39 Å². The normalized spacial score (nSPS) is 11.1. The number of halogens is 2. The van der Waals surface area contributed by atoms with Crippen LogP contribution in [-0.2, 0) is 0 Å². The first-order valence-corrected chi connectivity index (χ1v) is 9.30. The molecule has 0 N–H and O–H groups in total. The summed E-state index contributed by atoms with van der Waals surface area (Å²) < 4.78 is 17.6. The van der Waals surface area contributed by atoms with E-state index in [1.807, 2.05) is 48.5 Å². The minimum Gasteiger partial charge on any atom is -0.307 e. The minimum atomic E-state index is -0.568. The third-order valence-corrected chi connectivity index (χ3v) is 4.82. The molecule has 0 aliphatic carbocycles. The van der Waals surface area contributed by atoms with E-state index in [1.165, 1.54) is 24.3 Å². The Balaban J connectivity index is 2.00. The summed E-state index contributed by atoms with van der Waals surface area (Å²) in [4.78, 5) is 0. The number of hydrogen-bond donors (Lipinski definition) is 0. The van der Waals surface area contributed by atoms with E-state index in [-0.39, 0.29) is 27.4 Å². The highest BCUT2D eigenvalue weighted by molar-refractivity contribution is 6.32. The molecule has 2 heterocycles. The maximum absolute atomic E-state index is 14.3. The van der Waals surface area contributed by atoms with Gasteiger partial charge in [-0.15, -0.1) is 0 Å². The molecule has 0 radical (unpaired) electrons. The average molecular weight is 414 g/mol. The quantitative estimate of drug-likeness (QED) is 0.421. The molecular weight excluding hydrogens is 401 g/mol. The molecule has 4 aromatic rings. The van der Waals surface area contributed by atoms with Crippen molar-refractivity contribution in [1.82, 2.24) is 14.3 Å². The molecule has 0 saturated carbocycles. The van der Waals surface area contributed by atoms with Crippen LogP contribution in [0.2, 0.25) is 5.02 Å². The van der Waals surface area contributed by atoms with Crippen molar-refractivity contribution >= 4 is 23.3 Å².